The molecule has 1 aliphatic carbocycles. The van der Waals surface area contributed by atoms with E-state index < -0.39 is 28.0 Å². The number of halogens is 1. The van der Waals surface area contributed by atoms with Crippen molar-refractivity contribution in [3.8, 4) is 5.75 Å². The summed E-state index contributed by atoms with van der Waals surface area (Å²) in [7, 11) is -1.76. The first kappa shape index (κ1) is 33.8. The summed E-state index contributed by atoms with van der Waals surface area (Å²) in [6, 6.07) is 10.7. The fraction of sp³-hybridized carbons (Fsp3) is 0.543. The summed E-state index contributed by atoms with van der Waals surface area (Å²) in [5, 5.41) is 10.4. The number of nitrogens with one attached hydrogen (secondary N) is 1. The van der Waals surface area contributed by atoms with Crippen LogP contribution in [0.15, 0.2) is 52.9 Å². The summed E-state index contributed by atoms with van der Waals surface area (Å²) in [6.07, 6.45) is 8.88. The van der Waals surface area contributed by atoms with E-state index in [1.54, 1.807) is 25.3 Å². The molecule has 12 heteroatoms. The molecule has 2 N–H and O–H groups in total. The number of urea groups is 1. The number of fused-ring (bicyclic) bond motifs is 3. The van der Waals surface area contributed by atoms with Crippen molar-refractivity contribution in [2.24, 2.45) is 22.1 Å². The maximum absolute atomic E-state index is 14.3. The van der Waals surface area contributed by atoms with Gasteiger partial charge in [0.05, 0.1) is 43.3 Å². The average Bonchev–Trinajstić information content (AvgIpc) is 3.03. The van der Waals surface area contributed by atoms with E-state index in [4.69, 9.17) is 21.1 Å². The number of hydrogen-bond donors (Lipinski definition) is 2. The van der Waals surface area contributed by atoms with Gasteiger partial charge in [0, 0.05) is 30.8 Å². The number of hydrogen-bond acceptors (Lipinski definition) is 7. The number of aliphatic hydroxyl groups is 1. The standard InChI is InChI=1S/C35H45ClN4O6S/c1-23-6-5-8-32(45-2)30-13-10-27(30)19-39-18-26-9-12-28(36)16-24(26)7-3-4-15-46-33-14-11-25(17-31(33)39)34(42)37-47(44,22-23)38-35(43)40-20-29(41)21-40/h5,8-9,11-12,14,16-17,23,27,29-30,32,41H,3-4,6-7,10,13,15,18-22H2,1-2H3,(H,37,38,42,43,44)/b8-5+/t23-,27-,30+,32-,47?/m0/s1. The lowest BCUT2D eigenvalue weighted by molar-refractivity contribution is 0.0133. The number of anilines is 1. The first-order chi connectivity index (χ1) is 22.6. The molecule has 3 aliphatic heterocycles. The van der Waals surface area contributed by atoms with Gasteiger partial charge < -0.3 is 24.4 Å². The van der Waals surface area contributed by atoms with Gasteiger partial charge in [-0.15, -0.1) is 4.36 Å². The Bertz CT molecular complexity index is 1640. The van der Waals surface area contributed by atoms with E-state index in [0.29, 0.717) is 42.2 Å². The van der Waals surface area contributed by atoms with Gasteiger partial charge in [0.25, 0.3) is 5.91 Å². The van der Waals surface area contributed by atoms with E-state index in [1.807, 2.05) is 13.0 Å². The smallest absolute Gasteiger partial charge is 0.330 e. The number of aliphatic hydroxyl groups excluding tert-OH is 1. The third kappa shape index (κ3) is 7.96. The van der Waals surface area contributed by atoms with Gasteiger partial charge >= 0.3 is 6.03 Å². The second-order valence-electron chi connectivity index (χ2n) is 13.4. The number of methoxy groups -OCH3 is 1. The molecular weight excluding hydrogens is 640 g/mol. The fourth-order valence-corrected chi connectivity index (χ4v) is 9.08. The van der Waals surface area contributed by atoms with Crippen LogP contribution in [0.3, 0.4) is 0 Å². The predicted molar refractivity (Wildman–Crippen MR) is 183 cm³/mol. The van der Waals surface area contributed by atoms with E-state index in [0.717, 1.165) is 44.3 Å². The molecule has 254 valence electrons. The zero-order chi connectivity index (χ0) is 33.1. The molecule has 4 aliphatic rings. The first-order valence-corrected chi connectivity index (χ1v) is 18.7. The molecular formula is C35H45ClN4O6S. The zero-order valence-corrected chi connectivity index (χ0v) is 28.7. The van der Waals surface area contributed by atoms with Crippen molar-refractivity contribution in [2.75, 3.05) is 44.0 Å². The van der Waals surface area contributed by atoms with Gasteiger partial charge in [0.1, 0.15) is 15.7 Å². The molecule has 6 rings (SSSR count). The van der Waals surface area contributed by atoms with Crippen molar-refractivity contribution in [2.45, 2.75) is 64.2 Å². The van der Waals surface area contributed by atoms with Crippen LogP contribution in [0.4, 0.5) is 10.5 Å². The van der Waals surface area contributed by atoms with E-state index in [1.165, 1.54) is 16.0 Å². The Morgan fingerprint density at radius 1 is 1.13 bits per heavy atom. The Hall–Kier alpha value is -3.12. The van der Waals surface area contributed by atoms with Gasteiger partial charge in [-0.3, -0.25) is 9.52 Å². The van der Waals surface area contributed by atoms with Gasteiger partial charge in [-0.2, -0.15) is 0 Å². The number of nitrogens with zero attached hydrogens (tertiary/aromatic N) is 3. The Morgan fingerprint density at radius 2 is 1.96 bits per heavy atom. The van der Waals surface area contributed by atoms with Crippen molar-refractivity contribution < 1.29 is 28.4 Å². The van der Waals surface area contributed by atoms with E-state index >= 15 is 0 Å². The largest absolute Gasteiger partial charge is 0.491 e. The highest BCUT2D eigenvalue weighted by Gasteiger charge is 2.38. The molecule has 2 aromatic carbocycles. The topological polar surface area (TPSA) is 121 Å². The van der Waals surface area contributed by atoms with Crippen molar-refractivity contribution in [3.63, 3.8) is 0 Å². The molecule has 3 amide bonds. The van der Waals surface area contributed by atoms with Gasteiger partial charge in [0.2, 0.25) is 0 Å². The highest BCUT2D eigenvalue weighted by molar-refractivity contribution is 7.92. The molecule has 10 nitrogen and oxygen atoms in total. The zero-order valence-electron chi connectivity index (χ0n) is 27.1. The van der Waals surface area contributed by atoms with Crippen LogP contribution in [0.1, 0.15) is 60.5 Å². The number of β-amino-alcohol motifs (C(OH)–C–C–N with tert-alkyl or cyclic N) is 1. The Morgan fingerprint density at radius 3 is 2.70 bits per heavy atom. The average molecular weight is 685 g/mol. The van der Waals surface area contributed by atoms with Crippen molar-refractivity contribution in [3.05, 3.63) is 70.3 Å². The van der Waals surface area contributed by atoms with Crippen LogP contribution in [0, 0.1) is 17.8 Å². The summed E-state index contributed by atoms with van der Waals surface area (Å²) in [6.45, 7) is 4.07. The van der Waals surface area contributed by atoms with Crippen LogP contribution in [0.25, 0.3) is 0 Å². The molecule has 2 aromatic rings. The maximum Gasteiger partial charge on any atom is 0.330 e. The Balaban J connectivity index is 1.43. The number of allylic oxidation sites excluding steroid dienone is 1. The Labute approximate surface area is 282 Å². The third-order valence-electron chi connectivity index (χ3n) is 9.80. The van der Waals surface area contributed by atoms with Crippen LogP contribution in [0.5, 0.6) is 5.75 Å². The lowest BCUT2D eigenvalue weighted by atomic mass is 9.70. The van der Waals surface area contributed by atoms with Gasteiger partial charge in [-0.25, -0.2) is 9.00 Å². The summed E-state index contributed by atoms with van der Waals surface area (Å²) < 4.78 is 33.4. The molecule has 0 radical (unpaired) electrons. The second-order valence-corrected chi connectivity index (χ2v) is 15.9. The lowest BCUT2D eigenvalue weighted by Gasteiger charge is -2.43. The van der Waals surface area contributed by atoms with E-state index in [-0.39, 0.29) is 36.4 Å². The Kier molecular flexibility index (Phi) is 10.5. The van der Waals surface area contributed by atoms with E-state index in [2.05, 4.69) is 38.3 Å². The number of ether oxygens (including phenoxy) is 2. The number of likely N-dealkylation sites (tertiary alicyclic amines) is 1. The fourth-order valence-electron chi connectivity index (χ4n) is 7.00. The van der Waals surface area contributed by atoms with Crippen LogP contribution in [0.2, 0.25) is 5.02 Å². The molecule has 1 unspecified atom stereocenters. The summed E-state index contributed by atoms with van der Waals surface area (Å²) in [5.41, 5.74) is 3.42. The summed E-state index contributed by atoms with van der Waals surface area (Å²) in [5.74, 6) is 0.541. The van der Waals surface area contributed by atoms with Crippen LogP contribution in [-0.4, -0.2) is 77.5 Å². The molecule has 47 heavy (non-hydrogen) atoms. The molecule has 2 fully saturated rings. The second kappa shape index (κ2) is 14.6. The molecule has 5 atom stereocenters. The van der Waals surface area contributed by atoms with Crippen molar-refractivity contribution in [1.82, 2.24) is 9.62 Å². The van der Waals surface area contributed by atoms with Crippen LogP contribution < -0.4 is 14.4 Å². The summed E-state index contributed by atoms with van der Waals surface area (Å²) >= 11 is 6.44. The summed E-state index contributed by atoms with van der Waals surface area (Å²) in [4.78, 5) is 30.4. The molecule has 1 saturated carbocycles. The van der Waals surface area contributed by atoms with E-state index in [9.17, 15) is 18.9 Å². The number of carbonyl (C=O) groups is 2. The lowest BCUT2D eigenvalue weighted by Crippen LogP contribution is -2.57. The molecule has 0 spiro atoms. The van der Waals surface area contributed by atoms with Gasteiger partial charge in [-0.1, -0.05) is 36.7 Å². The SMILES string of the molecule is CO[C@H]1/C=C/C[C@H](C)CS(=O)(NC(=O)N2CC(O)C2)=NC(=O)c2ccc3c(c2)N(Cc2ccc(Cl)cc2CCCCO3)C[C@@H]2CC[C@H]21. The highest BCUT2D eigenvalue weighted by atomic mass is 35.5. The maximum atomic E-state index is 14.3. The molecule has 3 heterocycles. The van der Waals surface area contributed by atoms with Gasteiger partial charge in [-0.05, 0) is 97.7 Å². The minimum Gasteiger partial charge on any atom is -0.491 e. The predicted octanol–water partition coefficient (Wildman–Crippen LogP) is 5.61. The highest BCUT2D eigenvalue weighted by Crippen LogP contribution is 2.42. The molecule has 1 saturated heterocycles. The monoisotopic (exact) mass is 684 g/mol. The quantitative estimate of drug-likeness (QED) is 0.395. The minimum absolute atomic E-state index is 0.00552. The first-order valence-electron chi connectivity index (χ1n) is 16.6. The van der Waals surface area contributed by atoms with Crippen molar-refractivity contribution >= 4 is 39.1 Å². The normalized spacial score (nSPS) is 29.4. The number of benzene rings is 2. The number of aryl methyl sites for hydroxylation is 1. The number of carbonyl (C=O) groups excluding carboxylic acids is 2. The van der Waals surface area contributed by atoms with Crippen LogP contribution in [-0.2, 0) is 27.6 Å². The van der Waals surface area contributed by atoms with Crippen LogP contribution >= 0.6 is 11.6 Å². The third-order valence-corrected chi connectivity index (χ3v) is 12.0. The number of amides is 3. The van der Waals surface area contributed by atoms with Gasteiger partial charge in [0.15, 0.2) is 0 Å². The minimum atomic E-state index is -3.51. The number of rotatable bonds is 2. The molecule has 2 bridgehead atoms. The molecule has 0 aromatic heterocycles. The van der Waals surface area contributed by atoms with Crippen molar-refractivity contribution in [1.29, 1.82) is 0 Å².